The highest BCUT2D eigenvalue weighted by atomic mass is 35.5. The van der Waals surface area contributed by atoms with Gasteiger partial charge in [0.05, 0.1) is 12.8 Å². The predicted molar refractivity (Wildman–Crippen MR) is 109 cm³/mol. The molecule has 0 unspecified atom stereocenters. The van der Waals surface area contributed by atoms with Crippen LogP contribution >= 0.6 is 11.6 Å². The van der Waals surface area contributed by atoms with Crippen LogP contribution in [0.3, 0.4) is 0 Å². The third-order valence-electron chi connectivity index (χ3n) is 4.01. The van der Waals surface area contributed by atoms with Crippen LogP contribution in [0.2, 0.25) is 5.02 Å². The van der Waals surface area contributed by atoms with Crippen molar-refractivity contribution in [2.24, 2.45) is 0 Å². The SMILES string of the molecule is COc1ccccc1NC(=O)c1cccc(C(=O)Nc2ccc(Cl)cc2C)n1. The van der Waals surface area contributed by atoms with Crippen LogP contribution in [-0.2, 0) is 0 Å². The molecule has 0 aliphatic heterocycles. The first kappa shape index (κ1) is 19.4. The maximum Gasteiger partial charge on any atom is 0.274 e. The maximum atomic E-state index is 12.5. The largest absolute Gasteiger partial charge is 0.495 e. The van der Waals surface area contributed by atoms with E-state index in [1.165, 1.54) is 13.2 Å². The van der Waals surface area contributed by atoms with Crippen molar-refractivity contribution in [1.82, 2.24) is 4.98 Å². The van der Waals surface area contributed by atoms with Gasteiger partial charge in [-0.3, -0.25) is 9.59 Å². The molecule has 3 aromatic rings. The summed E-state index contributed by atoms with van der Waals surface area (Å²) in [6, 6.07) is 16.9. The second kappa shape index (κ2) is 8.54. The zero-order chi connectivity index (χ0) is 20.1. The average molecular weight is 396 g/mol. The molecular weight excluding hydrogens is 378 g/mol. The van der Waals surface area contributed by atoms with E-state index < -0.39 is 11.8 Å². The van der Waals surface area contributed by atoms with Crippen molar-refractivity contribution in [2.75, 3.05) is 17.7 Å². The minimum absolute atomic E-state index is 0.117. The Labute approximate surface area is 167 Å². The van der Waals surface area contributed by atoms with E-state index in [4.69, 9.17) is 16.3 Å². The van der Waals surface area contributed by atoms with Gasteiger partial charge in [-0.2, -0.15) is 0 Å². The van der Waals surface area contributed by atoms with E-state index in [9.17, 15) is 9.59 Å². The Morgan fingerprint density at radius 3 is 2.18 bits per heavy atom. The van der Waals surface area contributed by atoms with Crippen molar-refractivity contribution in [3.05, 3.63) is 82.6 Å². The zero-order valence-corrected chi connectivity index (χ0v) is 16.1. The number of aryl methyl sites for hydroxylation is 1. The smallest absolute Gasteiger partial charge is 0.274 e. The first-order valence-electron chi connectivity index (χ1n) is 8.47. The molecule has 6 nitrogen and oxygen atoms in total. The van der Waals surface area contributed by atoms with Crippen molar-refractivity contribution in [1.29, 1.82) is 0 Å². The molecule has 0 spiro atoms. The fourth-order valence-corrected chi connectivity index (χ4v) is 2.80. The Hall–Kier alpha value is -3.38. The van der Waals surface area contributed by atoms with Gasteiger partial charge < -0.3 is 15.4 Å². The lowest BCUT2D eigenvalue weighted by molar-refractivity contribution is 0.101. The molecule has 1 aromatic heterocycles. The number of hydrogen-bond donors (Lipinski definition) is 2. The van der Waals surface area contributed by atoms with E-state index in [-0.39, 0.29) is 11.4 Å². The summed E-state index contributed by atoms with van der Waals surface area (Å²) < 4.78 is 5.22. The molecule has 0 atom stereocenters. The Morgan fingerprint density at radius 2 is 1.54 bits per heavy atom. The van der Waals surface area contributed by atoms with Gasteiger partial charge in [-0.25, -0.2) is 4.98 Å². The minimum atomic E-state index is -0.443. The molecule has 0 aliphatic carbocycles. The standard InChI is InChI=1S/C21H18ClN3O3/c1-13-12-14(22)10-11-15(13)24-20(26)17-7-5-8-18(23-17)21(27)25-16-6-3-4-9-19(16)28-2/h3-12H,1-2H3,(H,24,26)(H,25,27). The van der Waals surface area contributed by atoms with Crippen LogP contribution in [0.25, 0.3) is 0 Å². The first-order chi connectivity index (χ1) is 13.5. The summed E-state index contributed by atoms with van der Waals surface area (Å²) >= 11 is 5.94. The van der Waals surface area contributed by atoms with E-state index in [1.54, 1.807) is 54.6 Å². The average Bonchev–Trinajstić information content (AvgIpc) is 2.70. The molecule has 7 heteroatoms. The van der Waals surface area contributed by atoms with E-state index in [1.807, 2.05) is 6.92 Å². The lowest BCUT2D eigenvalue weighted by Crippen LogP contribution is -2.19. The topological polar surface area (TPSA) is 80.3 Å². The Bertz CT molecular complexity index is 1040. The van der Waals surface area contributed by atoms with E-state index in [2.05, 4.69) is 15.6 Å². The summed E-state index contributed by atoms with van der Waals surface area (Å²) in [5, 5.41) is 6.10. The molecule has 0 fully saturated rings. The molecule has 0 saturated carbocycles. The number of ether oxygens (including phenoxy) is 1. The van der Waals surface area contributed by atoms with Crippen molar-refractivity contribution >= 4 is 34.8 Å². The fourth-order valence-electron chi connectivity index (χ4n) is 2.58. The maximum absolute atomic E-state index is 12.5. The van der Waals surface area contributed by atoms with Gasteiger partial charge in [0, 0.05) is 10.7 Å². The highest BCUT2D eigenvalue weighted by Gasteiger charge is 2.15. The molecule has 28 heavy (non-hydrogen) atoms. The molecule has 0 bridgehead atoms. The van der Waals surface area contributed by atoms with Gasteiger partial charge in [-0.15, -0.1) is 0 Å². The molecule has 3 rings (SSSR count). The Kier molecular flexibility index (Phi) is 5.91. The number of methoxy groups -OCH3 is 1. The lowest BCUT2D eigenvalue weighted by atomic mass is 10.2. The molecule has 2 amide bonds. The van der Waals surface area contributed by atoms with E-state index in [0.29, 0.717) is 22.1 Å². The third kappa shape index (κ3) is 4.47. The lowest BCUT2D eigenvalue weighted by Gasteiger charge is -2.11. The zero-order valence-electron chi connectivity index (χ0n) is 15.3. The van der Waals surface area contributed by atoms with Gasteiger partial charge in [0.2, 0.25) is 0 Å². The molecule has 2 aromatic carbocycles. The van der Waals surface area contributed by atoms with E-state index in [0.717, 1.165) is 5.56 Å². The van der Waals surface area contributed by atoms with E-state index >= 15 is 0 Å². The number of aromatic nitrogens is 1. The predicted octanol–water partition coefficient (Wildman–Crippen LogP) is 4.56. The number of para-hydroxylation sites is 2. The summed E-state index contributed by atoms with van der Waals surface area (Å²) in [6.07, 6.45) is 0. The number of nitrogens with one attached hydrogen (secondary N) is 2. The Balaban J connectivity index is 1.77. The first-order valence-corrected chi connectivity index (χ1v) is 8.84. The number of halogens is 1. The molecule has 0 saturated heterocycles. The number of nitrogens with zero attached hydrogens (tertiary/aromatic N) is 1. The van der Waals surface area contributed by atoms with Crippen molar-refractivity contribution in [3.63, 3.8) is 0 Å². The monoisotopic (exact) mass is 395 g/mol. The van der Waals surface area contributed by atoms with Crippen LogP contribution in [0.15, 0.2) is 60.7 Å². The number of amides is 2. The van der Waals surface area contributed by atoms with Crippen LogP contribution in [0, 0.1) is 6.92 Å². The summed E-state index contributed by atoms with van der Waals surface area (Å²) in [5.41, 5.74) is 2.21. The molecule has 0 radical (unpaired) electrons. The summed E-state index contributed by atoms with van der Waals surface area (Å²) in [7, 11) is 1.52. The summed E-state index contributed by atoms with van der Waals surface area (Å²) in [4.78, 5) is 29.2. The molecule has 0 aliphatic rings. The quantitative estimate of drug-likeness (QED) is 0.663. The minimum Gasteiger partial charge on any atom is -0.495 e. The van der Waals surface area contributed by atoms with Gasteiger partial charge in [0.15, 0.2) is 0 Å². The van der Waals surface area contributed by atoms with Gasteiger partial charge in [-0.1, -0.05) is 29.8 Å². The van der Waals surface area contributed by atoms with Crippen LogP contribution in [-0.4, -0.2) is 23.9 Å². The van der Waals surface area contributed by atoms with Crippen molar-refractivity contribution in [3.8, 4) is 5.75 Å². The number of rotatable bonds is 5. The number of pyridine rings is 1. The van der Waals surface area contributed by atoms with Gasteiger partial charge in [-0.05, 0) is 55.0 Å². The second-order valence-electron chi connectivity index (χ2n) is 5.98. The van der Waals surface area contributed by atoms with Crippen LogP contribution in [0.5, 0.6) is 5.75 Å². The number of hydrogen-bond acceptors (Lipinski definition) is 4. The number of anilines is 2. The van der Waals surface area contributed by atoms with Crippen molar-refractivity contribution in [2.45, 2.75) is 6.92 Å². The molecule has 1 heterocycles. The summed E-state index contributed by atoms with van der Waals surface area (Å²) in [5.74, 6) is -0.331. The highest BCUT2D eigenvalue weighted by Crippen LogP contribution is 2.23. The van der Waals surface area contributed by atoms with Crippen LogP contribution < -0.4 is 15.4 Å². The summed E-state index contributed by atoms with van der Waals surface area (Å²) in [6.45, 7) is 1.84. The normalized spacial score (nSPS) is 10.2. The second-order valence-corrected chi connectivity index (χ2v) is 6.41. The number of benzene rings is 2. The van der Waals surface area contributed by atoms with Gasteiger partial charge >= 0.3 is 0 Å². The molecular formula is C21H18ClN3O3. The van der Waals surface area contributed by atoms with Gasteiger partial charge in [0.1, 0.15) is 17.1 Å². The Morgan fingerprint density at radius 1 is 0.893 bits per heavy atom. The highest BCUT2D eigenvalue weighted by molar-refractivity contribution is 6.30. The molecule has 2 N–H and O–H groups in total. The van der Waals surface area contributed by atoms with Gasteiger partial charge in [0.25, 0.3) is 11.8 Å². The van der Waals surface area contributed by atoms with Crippen LogP contribution in [0.1, 0.15) is 26.5 Å². The number of carbonyl (C=O) groups is 2. The molecule has 142 valence electrons. The number of carbonyl (C=O) groups excluding carboxylic acids is 2. The third-order valence-corrected chi connectivity index (χ3v) is 4.24. The van der Waals surface area contributed by atoms with Crippen molar-refractivity contribution < 1.29 is 14.3 Å². The van der Waals surface area contributed by atoms with Crippen LogP contribution in [0.4, 0.5) is 11.4 Å². The fraction of sp³-hybridized carbons (Fsp3) is 0.0952.